The molecule has 3 aliphatic rings. The van der Waals surface area contributed by atoms with E-state index in [1.54, 1.807) is 0 Å². The average Bonchev–Trinajstić information content (AvgIpc) is 3.15. The zero-order chi connectivity index (χ0) is 26.0. The maximum Gasteiger partial charge on any atom is 0.314 e. The maximum atomic E-state index is 12.9. The summed E-state index contributed by atoms with van der Waals surface area (Å²) in [6.45, 7) is 9.31. The van der Waals surface area contributed by atoms with Crippen molar-refractivity contribution in [3.05, 3.63) is 47.5 Å². The Hall–Kier alpha value is -2.33. The van der Waals surface area contributed by atoms with Crippen molar-refractivity contribution in [1.29, 1.82) is 0 Å². The molecule has 0 radical (unpaired) electrons. The minimum absolute atomic E-state index is 0.0323. The van der Waals surface area contributed by atoms with Gasteiger partial charge in [-0.25, -0.2) is 0 Å². The molecule has 0 unspecified atom stereocenters. The van der Waals surface area contributed by atoms with Crippen molar-refractivity contribution in [2.24, 2.45) is 17.8 Å². The molecule has 4 nitrogen and oxygen atoms in total. The molecule has 0 aromatic heterocycles. The highest BCUT2D eigenvalue weighted by Crippen LogP contribution is 2.50. The summed E-state index contributed by atoms with van der Waals surface area (Å²) >= 11 is 0. The summed E-state index contributed by atoms with van der Waals surface area (Å²) in [7, 11) is 0. The molecular formula is C33H44O4. The van der Waals surface area contributed by atoms with E-state index in [2.05, 4.69) is 52.0 Å². The van der Waals surface area contributed by atoms with E-state index in [4.69, 9.17) is 14.2 Å². The largest absolute Gasteiger partial charge is 0.468 e. The van der Waals surface area contributed by atoms with Crippen LogP contribution in [0.2, 0.25) is 0 Å². The summed E-state index contributed by atoms with van der Waals surface area (Å²) in [5.74, 6) is 3.10. The van der Waals surface area contributed by atoms with Gasteiger partial charge in [0.2, 0.25) is 0 Å². The van der Waals surface area contributed by atoms with Crippen LogP contribution in [-0.4, -0.2) is 18.9 Å². The lowest BCUT2D eigenvalue weighted by Gasteiger charge is -2.27. The summed E-state index contributed by atoms with van der Waals surface area (Å²) in [6, 6.07) is 12.5. The minimum atomic E-state index is -0.203. The van der Waals surface area contributed by atoms with Crippen LogP contribution in [0.4, 0.5) is 0 Å². The van der Waals surface area contributed by atoms with E-state index in [1.165, 1.54) is 47.9 Å². The van der Waals surface area contributed by atoms with Crippen LogP contribution in [0.3, 0.4) is 0 Å². The molecule has 2 fully saturated rings. The summed E-state index contributed by atoms with van der Waals surface area (Å²) in [5.41, 5.74) is 4.67. The van der Waals surface area contributed by atoms with Crippen LogP contribution in [0.1, 0.15) is 103 Å². The van der Waals surface area contributed by atoms with Crippen molar-refractivity contribution in [1.82, 2.24) is 0 Å². The van der Waals surface area contributed by atoms with Gasteiger partial charge in [0.15, 0.2) is 6.79 Å². The highest BCUT2D eigenvalue weighted by atomic mass is 16.7. The Morgan fingerprint density at radius 2 is 1.32 bits per heavy atom. The first kappa shape index (κ1) is 26.3. The quantitative estimate of drug-likeness (QED) is 0.206. The molecule has 0 amide bonds. The van der Waals surface area contributed by atoms with Gasteiger partial charge < -0.3 is 14.2 Å². The number of rotatable bonds is 8. The van der Waals surface area contributed by atoms with Crippen LogP contribution in [0.25, 0.3) is 11.1 Å². The van der Waals surface area contributed by atoms with E-state index in [-0.39, 0.29) is 17.3 Å². The van der Waals surface area contributed by atoms with Crippen LogP contribution in [0, 0.1) is 17.8 Å². The van der Waals surface area contributed by atoms with Crippen molar-refractivity contribution in [3.8, 4) is 22.6 Å². The van der Waals surface area contributed by atoms with Gasteiger partial charge in [0.05, 0.1) is 12.0 Å². The standard InChI is InChI=1S/C33H44O4/c1-5-22-7-11-24(12-8-22)32(34)37-27-16-18-29-28-17-15-26(19-30(28)33(3,4)31(29)20-27)36-21-35-25-13-9-23(6-2)10-14-25/h15-20,22-25H,5-14,21H2,1-4H3. The van der Waals surface area contributed by atoms with Crippen molar-refractivity contribution in [3.63, 3.8) is 0 Å². The summed E-state index contributed by atoms with van der Waals surface area (Å²) in [5, 5.41) is 0. The van der Waals surface area contributed by atoms with Crippen LogP contribution < -0.4 is 9.47 Å². The van der Waals surface area contributed by atoms with Crippen LogP contribution in [0.15, 0.2) is 36.4 Å². The SMILES string of the molecule is CCC1CCC(OCOc2ccc3c(c2)C(C)(C)c2cc(OC(=O)C4CCC(CC)CC4)ccc2-3)CC1. The summed E-state index contributed by atoms with van der Waals surface area (Å²) < 4.78 is 18.0. The monoisotopic (exact) mass is 504 g/mol. The zero-order valence-corrected chi connectivity index (χ0v) is 23.2. The molecule has 5 rings (SSSR count). The lowest BCUT2D eigenvalue weighted by Crippen LogP contribution is -2.25. The van der Waals surface area contributed by atoms with E-state index in [0.29, 0.717) is 18.6 Å². The third-order valence-electron chi connectivity index (χ3n) is 9.50. The van der Waals surface area contributed by atoms with Crippen molar-refractivity contribution in [2.45, 2.75) is 103 Å². The summed E-state index contributed by atoms with van der Waals surface area (Å²) in [4.78, 5) is 12.9. The molecule has 200 valence electrons. The van der Waals surface area contributed by atoms with Crippen molar-refractivity contribution >= 4 is 5.97 Å². The normalized spacial score (nSPS) is 26.3. The van der Waals surface area contributed by atoms with Crippen LogP contribution in [-0.2, 0) is 14.9 Å². The molecule has 0 spiro atoms. The Morgan fingerprint density at radius 3 is 1.92 bits per heavy atom. The molecule has 0 bridgehead atoms. The Morgan fingerprint density at radius 1 is 0.784 bits per heavy atom. The average molecular weight is 505 g/mol. The van der Waals surface area contributed by atoms with Gasteiger partial charge in [-0.1, -0.05) is 52.7 Å². The van der Waals surface area contributed by atoms with E-state index >= 15 is 0 Å². The third-order valence-corrected chi connectivity index (χ3v) is 9.50. The fourth-order valence-corrected chi connectivity index (χ4v) is 6.76. The second-order valence-electron chi connectivity index (χ2n) is 12.1. The predicted octanol–water partition coefficient (Wildman–Crippen LogP) is 8.44. The predicted molar refractivity (Wildman–Crippen MR) is 148 cm³/mol. The fourth-order valence-electron chi connectivity index (χ4n) is 6.76. The second kappa shape index (κ2) is 11.2. The number of carbonyl (C=O) groups is 1. The fraction of sp³-hybridized carbons (Fsp3) is 0.606. The molecule has 2 saturated carbocycles. The highest BCUT2D eigenvalue weighted by Gasteiger charge is 2.36. The molecule has 3 aliphatic carbocycles. The molecule has 37 heavy (non-hydrogen) atoms. The Balaban J connectivity index is 1.22. The van der Waals surface area contributed by atoms with Gasteiger partial charge in [-0.3, -0.25) is 4.79 Å². The van der Waals surface area contributed by atoms with Crippen LogP contribution in [0.5, 0.6) is 11.5 Å². The molecule has 4 heteroatoms. The second-order valence-corrected chi connectivity index (χ2v) is 12.1. The van der Waals surface area contributed by atoms with Crippen molar-refractivity contribution in [2.75, 3.05) is 6.79 Å². The van der Waals surface area contributed by atoms with E-state index in [9.17, 15) is 4.79 Å². The molecule has 0 aliphatic heterocycles. The molecule has 2 aromatic carbocycles. The lowest BCUT2D eigenvalue weighted by molar-refractivity contribution is -0.140. The van der Waals surface area contributed by atoms with E-state index in [1.807, 2.05) is 12.1 Å². The molecule has 0 saturated heterocycles. The number of hydrogen-bond donors (Lipinski definition) is 0. The zero-order valence-electron chi connectivity index (χ0n) is 23.2. The number of benzene rings is 2. The van der Waals surface area contributed by atoms with Gasteiger partial charge >= 0.3 is 5.97 Å². The van der Waals surface area contributed by atoms with Crippen LogP contribution >= 0.6 is 0 Å². The first-order valence-electron chi connectivity index (χ1n) is 14.6. The van der Waals surface area contributed by atoms with Gasteiger partial charge in [0.25, 0.3) is 0 Å². The molecule has 0 heterocycles. The highest BCUT2D eigenvalue weighted by molar-refractivity contribution is 5.83. The Labute approximate surface area is 223 Å². The number of esters is 1. The molecule has 0 N–H and O–H groups in total. The van der Waals surface area contributed by atoms with Gasteiger partial charge in [0, 0.05) is 5.41 Å². The topological polar surface area (TPSA) is 44.8 Å². The first-order chi connectivity index (χ1) is 17.9. The third kappa shape index (κ3) is 5.60. The lowest BCUT2D eigenvalue weighted by atomic mass is 9.81. The maximum absolute atomic E-state index is 12.9. The van der Waals surface area contributed by atoms with Gasteiger partial charge in [-0.15, -0.1) is 0 Å². The summed E-state index contributed by atoms with van der Waals surface area (Å²) in [6.07, 6.45) is 11.8. The number of ether oxygens (including phenoxy) is 3. The number of fused-ring (bicyclic) bond motifs is 3. The van der Waals surface area contributed by atoms with Crippen molar-refractivity contribution < 1.29 is 19.0 Å². The molecule has 2 aromatic rings. The molecular weight excluding hydrogens is 460 g/mol. The van der Waals surface area contributed by atoms with E-state index < -0.39 is 0 Å². The van der Waals surface area contributed by atoms with Gasteiger partial charge in [-0.05, 0) is 110 Å². The molecule has 0 atom stereocenters. The number of carbonyl (C=O) groups excluding carboxylic acids is 1. The number of hydrogen-bond acceptors (Lipinski definition) is 4. The minimum Gasteiger partial charge on any atom is -0.468 e. The Bertz CT molecular complexity index is 1090. The smallest absolute Gasteiger partial charge is 0.314 e. The van der Waals surface area contributed by atoms with Gasteiger partial charge in [0.1, 0.15) is 11.5 Å². The first-order valence-corrected chi connectivity index (χ1v) is 14.6. The Kier molecular flexibility index (Phi) is 7.95. The van der Waals surface area contributed by atoms with E-state index in [0.717, 1.165) is 56.1 Å². The van der Waals surface area contributed by atoms with Gasteiger partial charge in [-0.2, -0.15) is 0 Å².